The van der Waals surface area contributed by atoms with Crippen molar-refractivity contribution in [3.63, 3.8) is 0 Å². The molecule has 1 amide bonds. The number of hydrogen-bond donors (Lipinski definition) is 3. The summed E-state index contributed by atoms with van der Waals surface area (Å²) in [6, 6.07) is 8.79. The van der Waals surface area contributed by atoms with Crippen LogP contribution in [0.1, 0.15) is 57.1 Å². The van der Waals surface area contributed by atoms with Crippen LogP contribution < -0.4 is 16.0 Å². The summed E-state index contributed by atoms with van der Waals surface area (Å²) in [5.41, 5.74) is 2.58. The lowest BCUT2D eigenvalue weighted by Gasteiger charge is -2.14. The van der Waals surface area contributed by atoms with Crippen LogP contribution in [0, 0.1) is 0 Å². The maximum Gasteiger partial charge on any atom is 0.221 e. The van der Waals surface area contributed by atoms with Crippen molar-refractivity contribution in [2.75, 3.05) is 13.1 Å². The highest BCUT2D eigenvalue weighted by Gasteiger charge is 2.16. The van der Waals surface area contributed by atoms with Gasteiger partial charge in [-0.2, -0.15) is 0 Å². The number of aryl methyl sites for hydroxylation is 1. The van der Waals surface area contributed by atoms with Crippen LogP contribution >= 0.6 is 0 Å². The maximum absolute atomic E-state index is 12.0. The maximum atomic E-state index is 12.0. The Morgan fingerprint density at radius 2 is 1.84 bits per heavy atom. The summed E-state index contributed by atoms with van der Waals surface area (Å²) >= 11 is 0. The van der Waals surface area contributed by atoms with Crippen LogP contribution in [-0.4, -0.2) is 31.0 Å². The Morgan fingerprint density at radius 1 is 1.12 bits per heavy atom. The molecule has 1 aromatic carbocycles. The molecule has 3 N–H and O–H groups in total. The van der Waals surface area contributed by atoms with Gasteiger partial charge in [0.25, 0.3) is 0 Å². The Morgan fingerprint density at radius 3 is 2.52 bits per heavy atom. The molecule has 2 rings (SSSR count). The Hall–Kier alpha value is -2.04. The number of nitrogens with zero attached hydrogens (tertiary/aromatic N) is 1. The van der Waals surface area contributed by atoms with Gasteiger partial charge in [0.05, 0.1) is 6.54 Å². The molecule has 138 valence electrons. The minimum atomic E-state index is 0.131. The summed E-state index contributed by atoms with van der Waals surface area (Å²) < 4.78 is 0. The van der Waals surface area contributed by atoms with Crippen LogP contribution in [0.4, 0.5) is 0 Å². The molecule has 1 fully saturated rings. The minimum Gasteiger partial charge on any atom is -0.357 e. The fraction of sp³-hybridized carbons (Fsp3) is 0.600. The molecule has 0 heterocycles. The van der Waals surface area contributed by atoms with Crippen molar-refractivity contribution in [3.05, 3.63) is 35.4 Å². The van der Waals surface area contributed by atoms with E-state index in [1.165, 1.54) is 24.0 Å². The quantitative estimate of drug-likeness (QED) is 0.502. The van der Waals surface area contributed by atoms with Crippen LogP contribution in [0.25, 0.3) is 0 Å². The molecule has 0 saturated heterocycles. The Balaban J connectivity index is 1.79. The zero-order chi connectivity index (χ0) is 17.9. The van der Waals surface area contributed by atoms with E-state index in [0.29, 0.717) is 25.6 Å². The summed E-state index contributed by atoms with van der Waals surface area (Å²) in [7, 11) is 0. The third-order valence-electron chi connectivity index (χ3n) is 4.62. The fourth-order valence-electron chi connectivity index (χ4n) is 3.23. The zero-order valence-electron chi connectivity index (χ0n) is 15.6. The molecule has 5 heteroatoms. The first-order chi connectivity index (χ1) is 12.2. The topological polar surface area (TPSA) is 65.5 Å². The van der Waals surface area contributed by atoms with Crippen molar-refractivity contribution in [1.29, 1.82) is 0 Å². The second-order valence-electron chi connectivity index (χ2n) is 6.54. The van der Waals surface area contributed by atoms with E-state index in [9.17, 15) is 4.79 Å². The molecular formula is C20H32N4O. The van der Waals surface area contributed by atoms with Crippen LogP contribution in [-0.2, 0) is 17.8 Å². The second-order valence-corrected chi connectivity index (χ2v) is 6.54. The predicted molar refractivity (Wildman–Crippen MR) is 104 cm³/mol. The first-order valence-corrected chi connectivity index (χ1v) is 9.61. The number of nitrogens with one attached hydrogen (secondary N) is 3. The zero-order valence-corrected chi connectivity index (χ0v) is 15.6. The first-order valence-electron chi connectivity index (χ1n) is 9.61. The van der Waals surface area contributed by atoms with Crippen LogP contribution in [0.5, 0.6) is 0 Å². The number of guanidine groups is 1. The normalized spacial score (nSPS) is 15.2. The van der Waals surface area contributed by atoms with E-state index in [2.05, 4.69) is 52.1 Å². The lowest BCUT2D eigenvalue weighted by Crippen LogP contribution is -2.40. The highest BCUT2D eigenvalue weighted by Crippen LogP contribution is 2.17. The van der Waals surface area contributed by atoms with E-state index >= 15 is 0 Å². The molecule has 0 aromatic heterocycles. The number of hydrogen-bond acceptors (Lipinski definition) is 2. The van der Waals surface area contributed by atoms with E-state index in [4.69, 9.17) is 0 Å². The molecular weight excluding hydrogens is 312 g/mol. The van der Waals surface area contributed by atoms with Crippen molar-refractivity contribution < 1.29 is 4.79 Å². The molecule has 1 saturated carbocycles. The number of amides is 1. The van der Waals surface area contributed by atoms with Gasteiger partial charge in [0.1, 0.15) is 0 Å². The summed E-state index contributed by atoms with van der Waals surface area (Å²) in [6.07, 6.45) is 6.21. The van der Waals surface area contributed by atoms with Gasteiger partial charge in [0.2, 0.25) is 5.91 Å². The number of rotatable bonds is 8. The van der Waals surface area contributed by atoms with Gasteiger partial charge in [-0.25, -0.2) is 4.99 Å². The highest BCUT2D eigenvalue weighted by atomic mass is 16.1. The summed E-state index contributed by atoms with van der Waals surface area (Å²) in [5, 5.41) is 9.62. The third-order valence-corrected chi connectivity index (χ3v) is 4.62. The Kier molecular flexibility index (Phi) is 8.29. The summed E-state index contributed by atoms with van der Waals surface area (Å²) in [5.74, 6) is 0.897. The van der Waals surface area contributed by atoms with E-state index in [-0.39, 0.29) is 5.91 Å². The number of carbonyl (C=O) groups is 1. The van der Waals surface area contributed by atoms with Gasteiger partial charge in [-0.15, -0.1) is 0 Å². The van der Waals surface area contributed by atoms with E-state index in [1.54, 1.807) is 0 Å². The molecule has 1 aromatic rings. The smallest absolute Gasteiger partial charge is 0.221 e. The molecule has 25 heavy (non-hydrogen) atoms. The second kappa shape index (κ2) is 10.7. The van der Waals surface area contributed by atoms with Gasteiger partial charge in [-0.3, -0.25) is 4.79 Å². The molecule has 0 aliphatic heterocycles. The molecule has 5 nitrogen and oxygen atoms in total. The van der Waals surface area contributed by atoms with Gasteiger partial charge in [-0.05, 0) is 37.3 Å². The van der Waals surface area contributed by atoms with E-state index in [1.807, 2.05) is 6.92 Å². The molecule has 1 aliphatic carbocycles. The SMILES string of the molecule is CCNC(=NCc1ccccc1CC)NCCC(=O)NC1CCCC1. The summed E-state index contributed by atoms with van der Waals surface area (Å²) in [6.45, 7) is 6.25. The summed E-state index contributed by atoms with van der Waals surface area (Å²) in [4.78, 5) is 16.6. The largest absolute Gasteiger partial charge is 0.357 e. The van der Waals surface area contributed by atoms with Crippen LogP contribution in [0.15, 0.2) is 29.3 Å². The Labute approximate surface area is 151 Å². The molecule has 0 atom stereocenters. The monoisotopic (exact) mass is 344 g/mol. The van der Waals surface area contributed by atoms with Gasteiger partial charge in [0.15, 0.2) is 5.96 Å². The predicted octanol–water partition coefficient (Wildman–Crippen LogP) is 2.75. The van der Waals surface area contributed by atoms with Crippen molar-refractivity contribution in [2.24, 2.45) is 4.99 Å². The molecule has 0 bridgehead atoms. The van der Waals surface area contributed by atoms with Crippen molar-refractivity contribution in [3.8, 4) is 0 Å². The van der Waals surface area contributed by atoms with E-state index in [0.717, 1.165) is 31.8 Å². The lowest BCUT2D eigenvalue weighted by molar-refractivity contribution is -0.121. The fourth-order valence-corrected chi connectivity index (χ4v) is 3.23. The average molecular weight is 345 g/mol. The van der Waals surface area contributed by atoms with Gasteiger partial charge in [0, 0.05) is 25.6 Å². The van der Waals surface area contributed by atoms with Gasteiger partial charge in [-0.1, -0.05) is 44.0 Å². The van der Waals surface area contributed by atoms with E-state index < -0.39 is 0 Å². The van der Waals surface area contributed by atoms with Gasteiger partial charge < -0.3 is 16.0 Å². The molecule has 0 unspecified atom stereocenters. The number of carbonyl (C=O) groups excluding carboxylic acids is 1. The van der Waals surface area contributed by atoms with Gasteiger partial charge >= 0.3 is 0 Å². The lowest BCUT2D eigenvalue weighted by atomic mass is 10.1. The standard InChI is InChI=1S/C20H32N4O/c1-3-16-9-5-6-10-17(16)15-23-20(21-4-2)22-14-13-19(25)24-18-11-7-8-12-18/h5-6,9-10,18H,3-4,7-8,11-15H2,1-2H3,(H,24,25)(H2,21,22,23). The van der Waals surface area contributed by atoms with Crippen molar-refractivity contribution in [2.45, 2.75) is 65.0 Å². The molecule has 1 aliphatic rings. The number of aliphatic imine (C=N–C) groups is 1. The van der Waals surface area contributed by atoms with Crippen molar-refractivity contribution in [1.82, 2.24) is 16.0 Å². The first kappa shape index (κ1) is 19.3. The third kappa shape index (κ3) is 6.77. The van der Waals surface area contributed by atoms with Crippen LogP contribution in [0.3, 0.4) is 0 Å². The minimum absolute atomic E-state index is 0.131. The molecule has 0 radical (unpaired) electrons. The van der Waals surface area contributed by atoms with Crippen molar-refractivity contribution >= 4 is 11.9 Å². The number of benzene rings is 1. The Bertz CT molecular complexity index is 565. The average Bonchev–Trinajstić information content (AvgIpc) is 3.12. The van der Waals surface area contributed by atoms with Crippen LogP contribution in [0.2, 0.25) is 0 Å². The highest BCUT2D eigenvalue weighted by molar-refractivity contribution is 5.81. The molecule has 0 spiro atoms.